The van der Waals surface area contributed by atoms with Gasteiger partial charge in [-0.05, 0) is 39.0 Å². The first-order chi connectivity index (χ1) is 18.8. The summed E-state index contributed by atoms with van der Waals surface area (Å²) < 4.78 is 85.5. The predicted molar refractivity (Wildman–Crippen MR) is 130 cm³/mol. The largest absolute Gasteiger partial charge is 0.460 e. The molecule has 1 aromatic carbocycles. The number of esters is 1. The molecule has 2 aliphatic heterocycles. The molecule has 16 heteroatoms. The fourth-order valence-electron chi connectivity index (χ4n) is 4.20. The Bertz CT molecular complexity index is 1360. The van der Waals surface area contributed by atoms with Crippen molar-refractivity contribution in [1.29, 1.82) is 0 Å². The number of ether oxygens (including phenoxy) is 1. The van der Waals surface area contributed by atoms with Crippen molar-refractivity contribution in [2.24, 2.45) is 5.92 Å². The third kappa shape index (κ3) is 6.69. The first-order valence-electron chi connectivity index (χ1n) is 12.3. The topological polar surface area (TPSA) is 101 Å². The molecule has 2 fully saturated rings. The molecule has 2 aliphatic rings. The zero-order chi connectivity index (χ0) is 30.5. The van der Waals surface area contributed by atoms with Crippen LogP contribution in [-0.2, 0) is 26.7 Å². The van der Waals surface area contributed by atoms with E-state index in [2.05, 4.69) is 10.1 Å². The average Bonchev–Trinajstić information content (AvgIpc) is 3.35. The number of alkyl halides is 6. The summed E-state index contributed by atoms with van der Waals surface area (Å²) in [5.41, 5.74) is -4.33. The summed E-state index contributed by atoms with van der Waals surface area (Å²) in [6.45, 7) is 6.46. The van der Waals surface area contributed by atoms with Gasteiger partial charge < -0.3 is 4.74 Å². The van der Waals surface area contributed by atoms with Crippen molar-refractivity contribution in [2.75, 3.05) is 33.2 Å². The summed E-state index contributed by atoms with van der Waals surface area (Å²) in [5.74, 6) is -1.76. The molecule has 0 bridgehead atoms. The van der Waals surface area contributed by atoms with Gasteiger partial charge in [0.25, 0.3) is 5.91 Å². The van der Waals surface area contributed by atoms with E-state index in [1.807, 2.05) is 4.90 Å². The minimum absolute atomic E-state index is 0.00725. The van der Waals surface area contributed by atoms with Crippen LogP contribution in [0.1, 0.15) is 31.9 Å². The van der Waals surface area contributed by atoms with Gasteiger partial charge in [0.1, 0.15) is 17.6 Å². The molecule has 2 aromatic rings. The second-order valence-corrected chi connectivity index (χ2v) is 10.6. The Balaban J connectivity index is 1.45. The van der Waals surface area contributed by atoms with E-state index < -0.39 is 52.4 Å². The van der Waals surface area contributed by atoms with Crippen LogP contribution in [0.2, 0.25) is 0 Å². The molecule has 0 N–H and O–H groups in total. The van der Waals surface area contributed by atoms with Crippen molar-refractivity contribution < 1.29 is 45.5 Å². The van der Waals surface area contributed by atoms with E-state index in [-0.39, 0.29) is 30.2 Å². The number of likely N-dealkylation sites (tertiary alicyclic amines) is 1. The average molecular weight is 589 g/mol. The monoisotopic (exact) mass is 588 g/mol. The van der Waals surface area contributed by atoms with Gasteiger partial charge in [0.2, 0.25) is 0 Å². The van der Waals surface area contributed by atoms with Crippen LogP contribution < -0.4 is 0 Å². The van der Waals surface area contributed by atoms with E-state index in [1.54, 1.807) is 20.8 Å². The molecular formula is C25H26F6N6O4. The number of benzene rings is 1. The zero-order valence-electron chi connectivity index (χ0n) is 22.4. The van der Waals surface area contributed by atoms with Gasteiger partial charge >= 0.3 is 24.4 Å². The Labute approximate surface area is 230 Å². The lowest BCUT2D eigenvalue weighted by Gasteiger charge is -2.39. The Morgan fingerprint density at radius 2 is 1.59 bits per heavy atom. The van der Waals surface area contributed by atoms with Crippen LogP contribution in [0.3, 0.4) is 0 Å². The number of imide groups is 1. The highest BCUT2D eigenvalue weighted by Crippen LogP contribution is 2.38. The second-order valence-electron chi connectivity index (χ2n) is 10.6. The van der Waals surface area contributed by atoms with Gasteiger partial charge in [-0.25, -0.2) is 14.5 Å². The summed E-state index contributed by atoms with van der Waals surface area (Å²) in [4.78, 5) is 45.5. The highest BCUT2D eigenvalue weighted by Gasteiger charge is 2.41. The van der Waals surface area contributed by atoms with Gasteiger partial charge in [-0.1, -0.05) is 0 Å². The maximum atomic E-state index is 13.2. The molecule has 41 heavy (non-hydrogen) atoms. The zero-order valence-corrected chi connectivity index (χ0v) is 22.4. The van der Waals surface area contributed by atoms with Crippen molar-refractivity contribution in [3.05, 3.63) is 41.4 Å². The fourth-order valence-corrected chi connectivity index (χ4v) is 4.20. The minimum Gasteiger partial charge on any atom is -0.460 e. The Hall–Kier alpha value is -3.95. The smallest absolute Gasteiger partial charge is 0.416 e. The molecule has 0 radical (unpaired) electrons. The van der Waals surface area contributed by atoms with E-state index in [1.165, 1.54) is 7.05 Å². The second kappa shape index (κ2) is 10.5. The number of nitrogens with zero attached hydrogens (tertiary/aromatic N) is 6. The van der Waals surface area contributed by atoms with Crippen LogP contribution in [0.15, 0.2) is 30.2 Å². The van der Waals surface area contributed by atoms with Gasteiger partial charge in [-0.2, -0.15) is 26.3 Å². The van der Waals surface area contributed by atoms with E-state index in [0.717, 1.165) is 27.0 Å². The quantitative estimate of drug-likeness (QED) is 0.218. The van der Waals surface area contributed by atoms with Crippen molar-refractivity contribution in [3.8, 4) is 11.4 Å². The number of hydrogen-bond donors (Lipinski definition) is 0. The Kier molecular flexibility index (Phi) is 7.66. The number of carbonyl (C=O) groups excluding carboxylic acids is 3. The first kappa shape index (κ1) is 30.0. The number of likely N-dealkylation sites (N-methyl/N-ethyl adjacent to an activating group) is 1. The SMILES string of the molecule is CN1C(=O)N(CCN2CC(C(=O)OC(C)(C)C)C2)C(=O)/C1=C/n1cnc(-c2cc(C(F)(F)F)cc(C(F)(F)F)c2)n1. The lowest BCUT2D eigenvalue weighted by Crippen LogP contribution is -2.54. The molecule has 0 atom stereocenters. The van der Waals surface area contributed by atoms with Crippen LogP contribution >= 0.6 is 0 Å². The molecule has 0 saturated carbocycles. The molecule has 0 unspecified atom stereocenters. The normalized spacial score (nSPS) is 18.4. The van der Waals surface area contributed by atoms with E-state index >= 15 is 0 Å². The third-order valence-electron chi connectivity index (χ3n) is 6.29. The fraction of sp³-hybridized carbons (Fsp3) is 0.480. The molecule has 0 aliphatic carbocycles. The highest BCUT2D eigenvalue weighted by atomic mass is 19.4. The van der Waals surface area contributed by atoms with E-state index in [9.17, 15) is 40.7 Å². The molecule has 4 rings (SSSR count). The summed E-state index contributed by atoms with van der Waals surface area (Å²) in [6, 6.07) is 0.331. The molecular weight excluding hydrogens is 562 g/mol. The Morgan fingerprint density at radius 3 is 2.12 bits per heavy atom. The minimum atomic E-state index is -5.05. The summed E-state index contributed by atoms with van der Waals surface area (Å²) in [6.07, 6.45) is -8.01. The third-order valence-corrected chi connectivity index (χ3v) is 6.29. The number of rotatable bonds is 6. The van der Waals surface area contributed by atoms with Gasteiger partial charge in [-0.15, -0.1) is 5.10 Å². The Morgan fingerprint density at radius 1 is 1.00 bits per heavy atom. The number of amides is 3. The summed E-state index contributed by atoms with van der Waals surface area (Å²) in [7, 11) is 1.33. The summed E-state index contributed by atoms with van der Waals surface area (Å²) >= 11 is 0. The van der Waals surface area contributed by atoms with E-state index in [4.69, 9.17) is 4.74 Å². The van der Waals surface area contributed by atoms with Gasteiger partial charge in [0.15, 0.2) is 5.82 Å². The maximum absolute atomic E-state index is 13.2. The predicted octanol–water partition coefficient (Wildman–Crippen LogP) is 3.95. The molecule has 3 heterocycles. The summed E-state index contributed by atoms with van der Waals surface area (Å²) in [5, 5.41) is 3.89. The van der Waals surface area contributed by atoms with Gasteiger partial charge in [0.05, 0.1) is 23.2 Å². The molecule has 0 spiro atoms. The molecule has 222 valence electrons. The van der Waals surface area contributed by atoms with Gasteiger partial charge in [0, 0.05) is 38.8 Å². The number of aromatic nitrogens is 3. The number of halogens is 6. The number of hydrogen-bond acceptors (Lipinski definition) is 7. The standard InChI is InChI=1S/C25H26F6N6O4/c1-23(2,3)41-21(39)15-10-35(11-15)5-6-37-20(38)18(34(4)22(37)40)12-36-13-32-19(33-36)14-7-16(24(26,27)28)9-17(8-14)25(29,30)31/h7-9,12-13,15H,5-6,10-11H2,1-4H3/b18-12-. The molecule has 3 amide bonds. The maximum Gasteiger partial charge on any atom is 0.416 e. The van der Waals surface area contributed by atoms with Crippen LogP contribution in [-0.4, -0.2) is 86.2 Å². The molecule has 2 saturated heterocycles. The van der Waals surface area contributed by atoms with Crippen molar-refractivity contribution >= 4 is 24.1 Å². The molecule has 10 nitrogen and oxygen atoms in total. The first-order valence-corrected chi connectivity index (χ1v) is 12.3. The van der Waals surface area contributed by atoms with Crippen molar-refractivity contribution in [2.45, 2.75) is 38.7 Å². The van der Waals surface area contributed by atoms with Crippen LogP contribution in [0.4, 0.5) is 31.1 Å². The van der Waals surface area contributed by atoms with Crippen LogP contribution in [0, 0.1) is 5.92 Å². The number of urea groups is 1. The van der Waals surface area contributed by atoms with E-state index in [0.29, 0.717) is 31.8 Å². The van der Waals surface area contributed by atoms with Crippen molar-refractivity contribution in [1.82, 2.24) is 29.5 Å². The lowest BCUT2D eigenvalue weighted by molar-refractivity contribution is -0.166. The number of carbonyl (C=O) groups is 3. The highest BCUT2D eigenvalue weighted by molar-refractivity contribution is 6.13. The van der Waals surface area contributed by atoms with Gasteiger partial charge in [-0.3, -0.25) is 24.3 Å². The van der Waals surface area contributed by atoms with Crippen LogP contribution in [0.25, 0.3) is 17.6 Å². The van der Waals surface area contributed by atoms with Crippen molar-refractivity contribution in [3.63, 3.8) is 0 Å². The van der Waals surface area contributed by atoms with Crippen LogP contribution in [0.5, 0.6) is 0 Å². The molecule has 1 aromatic heterocycles. The lowest BCUT2D eigenvalue weighted by atomic mass is 10.00.